The summed E-state index contributed by atoms with van der Waals surface area (Å²) < 4.78 is 0. The van der Waals surface area contributed by atoms with Gasteiger partial charge in [-0.1, -0.05) is 12.1 Å². The largest absolute Gasteiger partial charge is 0.357 e. The zero-order valence-corrected chi connectivity index (χ0v) is 16.2. The number of aromatic nitrogens is 1. The Balaban J connectivity index is 0.00000242. The molecule has 6 heteroatoms. The van der Waals surface area contributed by atoms with Crippen molar-refractivity contribution in [2.75, 3.05) is 13.1 Å². The van der Waals surface area contributed by atoms with Crippen LogP contribution in [0.5, 0.6) is 0 Å². The quantitative estimate of drug-likeness (QED) is 0.420. The molecule has 120 valence electrons. The zero-order valence-electron chi connectivity index (χ0n) is 13.0. The number of nitrogens with one attached hydrogen (secondary N) is 2. The van der Waals surface area contributed by atoms with Gasteiger partial charge in [0.2, 0.25) is 0 Å². The molecule has 0 aliphatic carbocycles. The highest BCUT2D eigenvalue weighted by Gasteiger charge is 2.01. The van der Waals surface area contributed by atoms with Crippen molar-refractivity contribution >= 4 is 41.3 Å². The number of guanidine groups is 1. The number of hydrogen-bond acceptors (Lipinski definition) is 3. The van der Waals surface area contributed by atoms with Gasteiger partial charge in [0.05, 0.1) is 12.2 Å². The summed E-state index contributed by atoms with van der Waals surface area (Å²) in [5, 5.41) is 8.74. The van der Waals surface area contributed by atoms with Gasteiger partial charge in [0.15, 0.2) is 5.96 Å². The summed E-state index contributed by atoms with van der Waals surface area (Å²) in [6.07, 6.45) is 2.83. The fraction of sp³-hybridized carbons (Fsp3) is 0.375. The van der Waals surface area contributed by atoms with Crippen molar-refractivity contribution in [2.24, 2.45) is 4.99 Å². The van der Waals surface area contributed by atoms with E-state index in [9.17, 15) is 0 Å². The van der Waals surface area contributed by atoms with Crippen LogP contribution in [0.1, 0.15) is 23.1 Å². The van der Waals surface area contributed by atoms with Gasteiger partial charge in [-0.05, 0) is 43.3 Å². The molecule has 22 heavy (non-hydrogen) atoms. The lowest BCUT2D eigenvalue weighted by Crippen LogP contribution is -2.38. The first-order valence-electron chi connectivity index (χ1n) is 7.24. The maximum Gasteiger partial charge on any atom is 0.191 e. The average Bonchev–Trinajstić information content (AvgIpc) is 2.99. The van der Waals surface area contributed by atoms with Gasteiger partial charge in [-0.25, -0.2) is 4.99 Å². The fourth-order valence-corrected chi connectivity index (χ4v) is 2.65. The SMILES string of the molecule is CCNC(=NCc1ncccc1C)NCCc1cccs1.I. The second-order valence-corrected chi connectivity index (χ2v) is 5.75. The van der Waals surface area contributed by atoms with E-state index in [0.29, 0.717) is 6.54 Å². The summed E-state index contributed by atoms with van der Waals surface area (Å²) in [5.41, 5.74) is 2.20. The number of thiophene rings is 1. The summed E-state index contributed by atoms with van der Waals surface area (Å²) in [5.74, 6) is 0.846. The highest BCUT2D eigenvalue weighted by molar-refractivity contribution is 14.0. The third-order valence-electron chi connectivity index (χ3n) is 3.09. The molecule has 2 N–H and O–H groups in total. The summed E-state index contributed by atoms with van der Waals surface area (Å²) in [4.78, 5) is 10.4. The predicted octanol–water partition coefficient (Wildman–Crippen LogP) is 3.37. The van der Waals surface area contributed by atoms with Gasteiger partial charge < -0.3 is 10.6 Å². The molecular weight excluding hydrogens is 407 g/mol. The Hall–Kier alpha value is -1.15. The molecule has 0 amide bonds. The van der Waals surface area contributed by atoms with Crippen molar-refractivity contribution < 1.29 is 0 Å². The smallest absolute Gasteiger partial charge is 0.191 e. The molecule has 0 bridgehead atoms. The third-order valence-corrected chi connectivity index (χ3v) is 4.03. The minimum absolute atomic E-state index is 0. The Bertz CT molecular complexity index is 569. The summed E-state index contributed by atoms with van der Waals surface area (Å²) in [6, 6.07) is 8.26. The standard InChI is InChI=1S/C16H22N4S.HI/c1-3-17-16(19-10-8-14-7-5-11-21-14)20-12-15-13(2)6-4-9-18-15;/h4-7,9,11H,3,8,10,12H2,1-2H3,(H2,17,19,20);1H. The van der Waals surface area contributed by atoms with E-state index in [1.807, 2.05) is 12.3 Å². The number of pyridine rings is 1. The van der Waals surface area contributed by atoms with Crippen LogP contribution in [-0.2, 0) is 13.0 Å². The van der Waals surface area contributed by atoms with Gasteiger partial charge in [0.1, 0.15) is 0 Å². The molecule has 0 spiro atoms. The van der Waals surface area contributed by atoms with Crippen LogP contribution in [0, 0.1) is 6.92 Å². The Morgan fingerprint density at radius 2 is 2.14 bits per heavy atom. The molecule has 0 saturated carbocycles. The number of halogens is 1. The molecule has 2 aromatic rings. The van der Waals surface area contributed by atoms with E-state index in [4.69, 9.17) is 0 Å². The number of rotatable bonds is 6. The lowest BCUT2D eigenvalue weighted by molar-refractivity contribution is 0.800. The Labute approximate surface area is 153 Å². The lowest BCUT2D eigenvalue weighted by Gasteiger charge is -2.11. The Kier molecular flexibility index (Phi) is 9.07. The predicted molar refractivity (Wildman–Crippen MR) is 105 cm³/mol. The Morgan fingerprint density at radius 1 is 1.27 bits per heavy atom. The van der Waals surface area contributed by atoms with Crippen molar-refractivity contribution in [3.8, 4) is 0 Å². The van der Waals surface area contributed by atoms with Crippen molar-refractivity contribution in [3.63, 3.8) is 0 Å². The van der Waals surface area contributed by atoms with E-state index < -0.39 is 0 Å². The third kappa shape index (κ3) is 6.31. The highest BCUT2D eigenvalue weighted by Crippen LogP contribution is 2.08. The first-order valence-corrected chi connectivity index (χ1v) is 8.12. The van der Waals surface area contributed by atoms with E-state index in [1.165, 1.54) is 10.4 Å². The molecule has 2 aromatic heterocycles. The molecule has 0 atom stereocenters. The van der Waals surface area contributed by atoms with Gasteiger partial charge in [-0.2, -0.15) is 0 Å². The van der Waals surface area contributed by atoms with Crippen LogP contribution in [0.15, 0.2) is 40.8 Å². The second kappa shape index (κ2) is 10.6. The number of nitrogens with zero attached hydrogens (tertiary/aromatic N) is 2. The second-order valence-electron chi connectivity index (χ2n) is 4.72. The van der Waals surface area contributed by atoms with Gasteiger partial charge in [0.25, 0.3) is 0 Å². The first-order chi connectivity index (χ1) is 10.3. The Morgan fingerprint density at radius 3 is 2.82 bits per heavy atom. The van der Waals surface area contributed by atoms with E-state index >= 15 is 0 Å². The minimum Gasteiger partial charge on any atom is -0.357 e. The van der Waals surface area contributed by atoms with Gasteiger partial charge >= 0.3 is 0 Å². The van der Waals surface area contributed by atoms with Gasteiger partial charge in [0, 0.05) is 24.2 Å². The molecule has 0 aliphatic heterocycles. The van der Waals surface area contributed by atoms with Gasteiger partial charge in [-0.3, -0.25) is 4.98 Å². The van der Waals surface area contributed by atoms with Crippen LogP contribution in [0.4, 0.5) is 0 Å². The van der Waals surface area contributed by atoms with Crippen LogP contribution in [0.25, 0.3) is 0 Å². The summed E-state index contributed by atoms with van der Waals surface area (Å²) >= 11 is 1.79. The number of aryl methyl sites for hydroxylation is 1. The monoisotopic (exact) mass is 430 g/mol. The zero-order chi connectivity index (χ0) is 14.9. The van der Waals surface area contributed by atoms with Crippen molar-refractivity contribution in [3.05, 3.63) is 52.0 Å². The topological polar surface area (TPSA) is 49.3 Å². The van der Waals surface area contributed by atoms with Gasteiger partial charge in [-0.15, -0.1) is 35.3 Å². The average molecular weight is 430 g/mol. The van der Waals surface area contributed by atoms with E-state index in [-0.39, 0.29) is 24.0 Å². The van der Waals surface area contributed by atoms with Crippen molar-refractivity contribution in [2.45, 2.75) is 26.8 Å². The van der Waals surface area contributed by atoms with Crippen LogP contribution >= 0.6 is 35.3 Å². The van der Waals surface area contributed by atoms with Crippen LogP contribution < -0.4 is 10.6 Å². The molecule has 0 fully saturated rings. The molecule has 4 nitrogen and oxygen atoms in total. The van der Waals surface area contributed by atoms with E-state index in [2.05, 4.69) is 58.0 Å². The molecule has 0 radical (unpaired) electrons. The van der Waals surface area contributed by atoms with Crippen molar-refractivity contribution in [1.29, 1.82) is 0 Å². The fourth-order valence-electron chi connectivity index (χ4n) is 1.94. The number of hydrogen-bond donors (Lipinski definition) is 2. The van der Waals surface area contributed by atoms with Crippen LogP contribution in [0.2, 0.25) is 0 Å². The van der Waals surface area contributed by atoms with Crippen LogP contribution in [-0.4, -0.2) is 24.0 Å². The molecule has 0 aromatic carbocycles. The first kappa shape index (κ1) is 18.9. The normalized spacial score (nSPS) is 10.9. The lowest BCUT2D eigenvalue weighted by atomic mass is 10.2. The molecular formula is C16H23IN4S. The van der Waals surface area contributed by atoms with Crippen LogP contribution in [0.3, 0.4) is 0 Å². The molecule has 0 saturated heterocycles. The molecule has 2 heterocycles. The summed E-state index contributed by atoms with van der Waals surface area (Å²) in [6.45, 7) is 6.47. The summed E-state index contributed by atoms with van der Waals surface area (Å²) in [7, 11) is 0. The van der Waals surface area contributed by atoms with Crippen molar-refractivity contribution in [1.82, 2.24) is 15.6 Å². The highest BCUT2D eigenvalue weighted by atomic mass is 127. The van der Waals surface area contributed by atoms with E-state index in [0.717, 1.165) is 31.2 Å². The minimum atomic E-state index is 0. The molecule has 2 rings (SSSR count). The maximum absolute atomic E-state index is 4.60. The molecule has 0 aliphatic rings. The maximum atomic E-state index is 4.60. The number of aliphatic imine (C=N–C) groups is 1. The van der Waals surface area contributed by atoms with E-state index in [1.54, 1.807) is 11.3 Å². The molecule has 0 unspecified atom stereocenters.